The van der Waals surface area contributed by atoms with Gasteiger partial charge >= 0.3 is 0 Å². The van der Waals surface area contributed by atoms with E-state index in [-0.39, 0.29) is 5.12 Å². The molecule has 0 radical (unpaired) electrons. The fourth-order valence-electron chi connectivity index (χ4n) is 1.88. The molecular weight excluding hydrogens is 256 g/mol. The lowest BCUT2D eigenvalue weighted by Gasteiger charge is -2.01. The second-order valence-corrected chi connectivity index (χ2v) is 5.77. The summed E-state index contributed by atoms with van der Waals surface area (Å²) in [6.45, 7) is 2.24. The summed E-state index contributed by atoms with van der Waals surface area (Å²) in [5, 5.41) is 0.0380. The molecule has 1 heterocycles. The SMILES string of the molecule is CCCCCCCCCCSC(=O)c1cnccn1. The van der Waals surface area contributed by atoms with E-state index in [0.29, 0.717) is 5.69 Å². The van der Waals surface area contributed by atoms with E-state index in [4.69, 9.17) is 0 Å². The number of carbonyl (C=O) groups is 1. The van der Waals surface area contributed by atoms with Crippen LogP contribution in [0.4, 0.5) is 0 Å². The Balaban J connectivity index is 1.95. The first-order valence-corrected chi connectivity index (χ1v) is 8.26. The highest BCUT2D eigenvalue weighted by molar-refractivity contribution is 8.14. The quantitative estimate of drug-likeness (QED) is 0.592. The third-order valence-corrected chi connectivity index (χ3v) is 3.97. The molecular formula is C15H24N2OS. The number of unbranched alkanes of at least 4 members (excludes halogenated alkanes) is 7. The van der Waals surface area contributed by atoms with Gasteiger partial charge in [0.1, 0.15) is 5.69 Å². The van der Waals surface area contributed by atoms with Crippen LogP contribution in [-0.2, 0) is 0 Å². The smallest absolute Gasteiger partial charge is 0.239 e. The van der Waals surface area contributed by atoms with E-state index >= 15 is 0 Å². The van der Waals surface area contributed by atoms with Crippen molar-refractivity contribution in [2.75, 3.05) is 5.75 Å². The summed E-state index contributed by atoms with van der Waals surface area (Å²) in [6.07, 6.45) is 15.1. The number of aromatic nitrogens is 2. The van der Waals surface area contributed by atoms with E-state index in [9.17, 15) is 4.79 Å². The lowest BCUT2D eigenvalue weighted by atomic mass is 10.1. The van der Waals surface area contributed by atoms with Gasteiger partial charge in [0.05, 0.1) is 6.20 Å². The Morgan fingerprint density at radius 2 is 1.74 bits per heavy atom. The number of hydrogen-bond donors (Lipinski definition) is 0. The first-order valence-electron chi connectivity index (χ1n) is 7.27. The molecule has 1 rings (SSSR count). The third-order valence-electron chi connectivity index (χ3n) is 3.00. The average Bonchev–Trinajstić information content (AvgIpc) is 2.46. The number of nitrogens with zero attached hydrogens (tertiary/aromatic N) is 2. The molecule has 0 amide bonds. The zero-order valence-corrected chi connectivity index (χ0v) is 12.6. The largest absolute Gasteiger partial charge is 0.280 e. The number of rotatable bonds is 10. The first kappa shape index (κ1) is 16.2. The predicted octanol–water partition coefficient (Wildman–Crippen LogP) is 4.49. The number of hydrogen-bond acceptors (Lipinski definition) is 4. The minimum absolute atomic E-state index is 0.0380. The zero-order chi connectivity index (χ0) is 13.8. The molecule has 0 unspecified atom stereocenters. The van der Waals surface area contributed by atoms with Crippen molar-refractivity contribution in [1.82, 2.24) is 9.97 Å². The van der Waals surface area contributed by atoms with Gasteiger partial charge in [0.25, 0.3) is 0 Å². The van der Waals surface area contributed by atoms with Gasteiger partial charge in [0.15, 0.2) is 0 Å². The van der Waals surface area contributed by atoms with E-state index in [2.05, 4.69) is 16.9 Å². The molecule has 1 aromatic heterocycles. The lowest BCUT2D eigenvalue weighted by molar-refractivity contribution is 0.108. The van der Waals surface area contributed by atoms with Crippen LogP contribution in [0.2, 0.25) is 0 Å². The van der Waals surface area contributed by atoms with Crippen molar-refractivity contribution in [2.24, 2.45) is 0 Å². The molecule has 0 saturated heterocycles. The molecule has 106 valence electrons. The molecule has 0 atom stereocenters. The third kappa shape index (κ3) is 7.98. The van der Waals surface area contributed by atoms with Crippen molar-refractivity contribution in [2.45, 2.75) is 58.3 Å². The maximum absolute atomic E-state index is 11.7. The summed E-state index contributed by atoms with van der Waals surface area (Å²) in [7, 11) is 0. The zero-order valence-electron chi connectivity index (χ0n) is 11.8. The highest BCUT2D eigenvalue weighted by Gasteiger charge is 2.06. The first-order chi connectivity index (χ1) is 9.34. The maximum atomic E-state index is 11.7. The van der Waals surface area contributed by atoms with Gasteiger partial charge in [-0.2, -0.15) is 0 Å². The van der Waals surface area contributed by atoms with Gasteiger partial charge in [-0.25, -0.2) is 4.98 Å². The predicted molar refractivity (Wildman–Crippen MR) is 81.4 cm³/mol. The van der Waals surface area contributed by atoms with Crippen LogP contribution >= 0.6 is 11.8 Å². The minimum Gasteiger partial charge on any atom is -0.280 e. The van der Waals surface area contributed by atoms with Gasteiger partial charge < -0.3 is 0 Å². The highest BCUT2D eigenvalue weighted by atomic mass is 32.2. The Morgan fingerprint density at radius 3 is 2.37 bits per heavy atom. The van der Waals surface area contributed by atoms with Crippen molar-refractivity contribution in [1.29, 1.82) is 0 Å². The molecule has 3 nitrogen and oxygen atoms in total. The van der Waals surface area contributed by atoms with Crippen molar-refractivity contribution in [3.05, 3.63) is 24.3 Å². The van der Waals surface area contributed by atoms with Crippen molar-refractivity contribution in [3.8, 4) is 0 Å². The summed E-state index contributed by atoms with van der Waals surface area (Å²) in [4.78, 5) is 19.6. The van der Waals surface area contributed by atoms with Crippen molar-refractivity contribution < 1.29 is 4.79 Å². The van der Waals surface area contributed by atoms with Gasteiger partial charge in [-0.15, -0.1) is 0 Å². The summed E-state index contributed by atoms with van der Waals surface area (Å²) >= 11 is 1.36. The Morgan fingerprint density at radius 1 is 1.05 bits per heavy atom. The molecule has 0 aromatic carbocycles. The van der Waals surface area contributed by atoms with E-state index in [1.54, 1.807) is 12.4 Å². The monoisotopic (exact) mass is 280 g/mol. The van der Waals surface area contributed by atoms with Crippen molar-refractivity contribution in [3.63, 3.8) is 0 Å². The van der Waals surface area contributed by atoms with Crippen LogP contribution in [0.15, 0.2) is 18.6 Å². The number of thioether (sulfide) groups is 1. The van der Waals surface area contributed by atoms with Gasteiger partial charge in [-0.3, -0.25) is 9.78 Å². The molecule has 0 saturated carbocycles. The minimum atomic E-state index is 0.0380. The molecule has 0 bridgehead atoms. The van der Waals surface area contributed by atoms with Crippen LogP contribution < -0.4 is 0 Å². The van der Waals surface area contributed by atoms with Crippen LogP contribution in [0.25, 0.3) is 0 Å². The van der Waals surface area contributed by atoms with E-state index < -0.39 is 0 Å². The van der Waals surface area contributed by atoms with Crippen LogP contribution in [-0.4, -0.2) is 20.8 Å². The fourth-order valence-corrected chi connectivity index (χ4v) is 2.67. The molecule has 1 aromatic rings. The average molecular weight is 280 g/mol. The molecule has 0 spiro atoms. The normalized spacial score (nSPS) is 10.6. The van der Waals surface area contributed by atoms with E-state index in [0.717, 1.165) is 12.2 Å². The molecule has 19 heavy (non-hydrogen) atoms. The van der Waals surface area contributed by atoms with Gasteiger partial charge in [0.2, 0.25) is 5.12 Å². The standard InChI is InChI=1S/C15H24N2OS/c1-2-3-4-5-6-7-8-9-12-19-15(18)14-13-16-10-11-17-14/h10-11,13H,2-9,12H2,1H3. The van der Waals surface area contributed by atoms with Crippen LogP contribution in [0.3, 0.4) is 0 Å². The summed E-state index contributed by atoms with van der Waals surface area (Å²) in [6, 6.07) is 0. The van der Waals surface area contributed by atoms with Crippen LogP contribution in [0, 0.1) is 0 Å². The lowest BCUT2D eigenvalue weighted by Crippen LogP contribution is -1.98. The molecule has 4 heteroatoms. The Kier molecular flexibility index (Phi) is 9.33. The molecule has 0 N–H and O–H groups in total. The summed E-state index contributed by atoms with van der Waals surface area (Å²) in [5.41, 5.74) is 0.465. The molecule has 0 aliphatic heterocycles. The van der Waals surface area contributed by atoms with Crippen molar-refractivity contribution >= 4 is 16.9 Å². The van der Waals surface area contributed by atoms with Gasteiger partial charge in [-0.05, 0) is 6.42 Å². The van der Waals surface area contributed by atoms with Gasteiger partial charge in [0, 0.05) is 18.1 Å². The fraction of sp³-hybridized carbons (Fsp3) is 0.667. The summed E-state index contributed by atoms with van der Waals surface area (Å²) in [5.74, 6) is 0.893. The summed E-state index contributed by atoms with van der Waals surface area (Å²) < 4.78 is 0. The topological polar surface area (TPSA) is 42.9 Å². The maximum Gasteiger partial charge on any atom is 0.239 e. The van der Waals surface area contributed by atoms with E-state index in [1.807, 2.05) is 0 Å². The highest BCUT2D eigenvalue weighted by Crippen LogP contribution is 2.14. The van der Waals surface area contributed by atoms with E-state index in [1.165, 1.54) is 62.9 Å². The van der Waals surface area contributed by atoms with Crippen LogP contribution in [0.1, 0.15) is 68.8 Å². The Hall–Kier alpha value is -0.900. The van der Waals surface area contributed by atoms with Gasteiger partial charge in [-0.1, -0.05) is 63.6 Å². The Bertz CT molecular complexity index is 343. The molecule has 0 aliphatic rings. The second kappa shape index (κ2) is 11.0. The van der Waals surface area contributed by atoms with Crippen LogP contribution in [0.5, 0.6) is 0 Å². The number of carbonyl (C=O) groups excluding carboxylic acids is 1. The molecule has 0 aliphatic carbocycles. The molecule has 0 fully saturated rings. The Labute approximate surface area is 120 Å². The second-order valence-electron chi connectivity index (χ2n) is 4.70.